The number of pyridine rings is 1. The second kappa shape index (κ2) is 8.50. The highest BCUT2D eigenvalue weighted by Gasteiger charge is 2.36. The molecule has 1 aromatic carbocycles. The molecule has 0 aliphatic carbocycles. The fourth-order valence-corrected chi connectivity index (χ4v) is 7.17. The largest absolute Gasteiger partial charge is 0.339 e. The van der Waals surface area contributed by atoms with E-state index < -0.39 is 0 Å². The van der Waals surface area contributed by atoms with Gasteiger partial charge in [-0.2, -0.15) is 4.98 Å². The number of anilines is 1. The second-order valence-electron chi connectivity index (χ2n) is 10.3. The lowest BCUT2D eigenvalue weighted by Gasteiger charge is -2.32. The van der Waals surface area contributed by atoms with Crippen molar-refractivity contribution in [2.75, 3.05) is 51.2 Å². The van der Waals surface area contributed by atoms with E-state index in [4.69, 9.17) is 4.98 Å². The Morgan fingerprint density at radius 1 is 1.08 bits per heavy atom. The molecule has 6 heterocycles. The summed E-state index contributed by atoms with van der Waals surface area (Å²) in [5.41, 5.74) is 1.51. The van der Waals surface area contributed by atoms with Gasteiger partial charge in [0.05, 0.1) is 15.6 Å². The van der Waals surface area contributed by atoms with Gasteiger partial charge in [0.2, 0.25) is 11.4 Å². The van der Waals surface area contributed by atoms with E-state index in [2.05, 4.69) is 27.1 Å². The number of carbonyl (C=O) groups excluding carboxylic acids is 1. The van der Waals surface area contributed by atoms with Crippen molar-refractivity contribution in [3.8, 4) is 0 Å². The maximum atomic E-state index is 13.9. The minimum Gasteiger partial charge on any atom is -0.339 e. The van der Waals surface area contributed by atoms with Crippen molar-refractivity contribution in [1.82, 2.24) is 29.5 Å². The zero-order valence-corrected chi connectivity index (χ0v) is 21.1. The van der Waals surface area contributed by atoms with E-state index in [-0.39, 0.29) is 16.9 Å². The number of para-hydroxylation sites is 1. The van der Waals surface area contributed by atoms with Crippen molar-refractivity contribution in [3.05, 3.63) is 46.2 Å². The van der Waals surface area contributed by atoms with E-state index in [9.17, 15) is 9.59 Å². The van der Waals surface area contributed by atoms with Crippen LogP contribution < -0.4 is 15.6 Å². The fourth-order valence-electron chi connectivity index (χ4n) is 6.00. The van der Waals surface area contributed by atoms with Crippen LogP contribution >= 0.6 is 11.3 Å². The standard InChI is InChI=1S/C26H29N7O2S/c1-30-9-4-10-31(12-11-30)26-27-13-18-22(34)21(24(35)32-14-16-7-8-17(15-32)28-16)25-33(23(18)29-26)19-5-2-3-6-20(19)36-25/h2-3,5-6,13,16-17,28H,4,7-12,14-15H2,1H3. The van der Waals surface area contributed by atoms with Crippen molar-refractivity contribution in [3.63, 3.8) is 0 Å². The Labute approximate surface area is 212 Å². The molecule has 3 fully saturated rings. The molecule has 0 radical (unpaired) electrons. The van der Waals surface area contributed by atoms with Crippen LogP contribution in [0.25, 0.3) is 26.1 Å². The lowest BCUT2D eigenvalue weighted by atomic mass is 10.1. The molecular weight excluding hydrogens is 474 g/mol. The number of thiazole rings is 1. The van der Waals surface area contributed by atoms with Crippen molar-refractivity contribution in [2.24, 2.45) is 0 Å². The van der Waals surface area contributed by atoms with Gasteiger partial charge in [0.1, 0.15) is 10.4 Å². The van der Waals surface area contributed by atoms with Crippen molar-refractivity contribution in [1.29, 1.82) is 0 Å². The molecule has 3 aromatic heterocycles. The number of carbonyl (C=O) groups is 1. The smallest absolute Gasteiger partial charge is 0.260 e. The van der Waals surface area contributed by atoms with Crippen LogP contribution in [0.15, 0.2) is 35.3 Å². The number of hydrogen-bond donors (Lipinski definition) is 1. The van der Waals surface area contributed by atoms with Crippen LogP contribution in [0, 0.1) is 0 Å². The van der Waals surface area contributed by atoms with Crippen LogP contribution in [0.3, 0.4) is 0 Å². The number of piperazine rings is 1. The van der Waals surface area contributed by atoms with Crippen LogP contribution in [0.5, 0.6) is 0 Å². The number of likely N-dealkylation sites (N-methyl/N-ethyl adjacent to an activating group) is 1. The van der Waals surface area contributed by atoms with Crippen LogP contribution in [0.1, 0.15) is 29.6 Å². The minimum absolute atomic E-state index is 0.177. The van der Waals surface area contributed by atoms with Crippen LogP contribution in [-0.2, 0) is 0 Å². The van der Waals surface area contributed by atoms with Gasteiger partial charge < -0.3 is 20.0 Å². The molecule has 4 aromatic rings. The maximum Gasteiger partial charge on any atom is 0.260 e. The van der Waals surface area contributed by atoms with Crippen LogP contribution in [-0.4, -0.2) is 88.5 Å². The highest BCUT2D eigenvalue weighted by molar-refractivity contribution is 7.24. The average Bonchev–Trinajstić information content (AvgIpc) is 3.35. The van der Waals surface area contributed by atoms with E-state index in [1.54, 1.807) is 6.20 Å². The zero-order valence-electron chi connectivity index (χ0n) is 20.3. The maximum absolute atomic E-state index is 13.9. The number of nitrogens with zero attached hydrogens (tertiary/aromatic N) is 6. The number of likely N-dealkylation sites (tertiary alicyclic amines) is 1. The zero-order chi connectivity index (χ0) is 24.4. The second-order valence-corrected chi connectivity index (χ2v) is 11.3. The Morgan fingerprint density at radius 3 is 2.72 bits per heavy atom. The van der Waals surface area contributed by atoms with Gasteiger partial charge in [0.15, 0.2) is 5.65 Å². The van der Waals surface area contributed by atoms with Gasteiger partial charge in [0, 0.05) is 51.0 Å². The fraction of sp³-hybridized carbons (Fsp3) is 0.462. The SMILES string of the molecule is CN1CCCN(c2ncc3c(=O)c(C(=O)N4CC5CCC(C4)N5)c4sc5ccccc5n4c3n2)CC1. The topological polar surface area (TPSA) is 86.1 Å². The van der Waals surface area contributed by atoms with Crippen LogP contribution in [0.4, 0.5) is 5.95 Å². The first-order chi connectivity index (χ1) is 17.6. The lowest BCUT2D eigenvalue weighted by Crippen LogP contribution is -2.53. The molecule has 186 valence electrons. The van der Waals surface area contributed by atoms with Crippen molar-refractivity contribution in [2.45, 2.75) is 31.3 Å². The van der Waals surface area contributed by atoms with Gasteiger partial charge in [0.25, 0.3) is 5.91 Å². The Morgan fingerprint density at radius 2 is 1.89 bits per heavy atom. The normalized spacial score (nSPS) is 23.1. The number of nitrogens with one attached hydrogen (secondary N) is 1. The summed E-state index contributed by atoms with van der Waals surface area (Å²) < 4.78 is 3.03. The molecule has 36 heavy (non-hydrogen) atoms. The third-order valence-corrected chi connectivity index (χ3v) is 9.03. The van der Waals surface area contributed by atoms with E-state index in [1.807, 2.05) is 33.6 Å². The molecular formula is C26H29N7O2S. The predicted molar refractivity (Wildman–Crippen MR) is 142 cm³/mol. The number of fused-ring (bicyclic) bond motifs is 7. The van der Waals surface area contributed by atoms with E-state index >= 15 is 0 Å². The Balaban J connectivity index is 1.43. The molecule has 2 bridgehead atoms. The minimum atomic E-state index is -0.269. The van der Waals surface area contributed by atoms with Gasteiger partial charge >= 0.3 is 0 Å². The molecule has 1 amide bonds. The third-order valence-electron chi connectivity index (χ3n) is 7.89. The van der Waals surface area contributed by atoms with E-state index in [0.717, 1.165) is 55.7 Å². The first kappa shape index (κ1) is 22.1. The van der Waals surface area contributed by atoms with Gasteiger partial charge in [-0.25, -0.2) is 4.98 Å². The van der Waals surface area contributed by atoms with Gasteiger partial charge in [-0.1, -0.05) is 12.1 Å². The van der Waals surface area contributed by atoms with Crippen molar-refractivity contribution < 1.29 is 4.79 Å². The van der Waals surface area contributed by atoms with Crippen molar-refractivity contribution >= 4 is 49.3 Å². The molecule has 0 spiro atoms. The summed E-state index contributed by atoms with van der Waals surface area (Å²) in [7, 11) is 2.13. The Hall–Kier alpha value is -3.08. The number of rotatable bonds is 2. The van der Waals surface area contributed by atoms with Gasteiger partial charge in [-0.15, -0.1) is 11.3 Å². The molecule has 7 rings (SSSR count). The summed E-state index contributed by atoms with van der Waals surface area (Å²) in [5, 5.41) is 3.97. The monoisotopic (exact) mass is 503 g/mol. The Bertz CT molecular complexity index is 1550. The number of amides is 1. The number of aromatic nitrogens is 3. The first-order valence-corrected chi connectivity index (χ1v) is 13.6. The molecule has 2 atom stereocenters. The van der Waals surface area contributed by atoms with E-state index in [1.165, 1.54) is 11.3 Å². The molecule has 1 N–H and O–H groups in total. The molecule has 2 unspecified atom stereocenters. The summed E-state index contributed by atoms with van der Waals surface area (Å²) >= 11 is 1.49. The summed E-state index contributed by atoms with van der Waals surface area (Å²) in [4.78, 5) is 44.4. The van der Waals surface area contributed by atoms with Crippen LogP contribution in [0.2, 0.25) is 0 Å². The Kier molecular flexibility index (Phi) is 5.23. The summed E-state index contributed by atoms with van der Waals surface area (Å²) in [6, 6.07) is 8.67. The summed E-state index contributed by atoms with van der Waals surface area (Å²) in [5.74, 6) is 0.461. The molecule has 0 saturated carbocycles. The molecule has 3 aliphatic rings. The average molecular weight is 504 g/mol. The van der Waals surface area contributed by atoms with Gasteiger partial charge in [-0.3, -0.25) is 14.0 Å². The highest BCUT2D eigenvalue weighted by atomic mass is 32.1. The molecule has 10 heteroatoms. The predicted octanol–water partition coefficient (Wildman–Crippen LogP) is 2.18. The number of hydrogen-bond acceptors (Lipinski definition) is 8. The lowest BCUT2D eigenvalue weighted by molar-refractivity contribution is 0.0698. The molecule has 9 nitrogen and oxygen atoms in total. The first-order valence-electron chi connectivity index (χ1n) is 12.8. The van der Waals surface area contributed by atoms with Gasteiger partial charge in [-0.05, 0) is 45.0 Å². The molecule has 3 saturated heterocycles. The summed E-state index contributed by atoms with van der Waals surface area (Å²) in [6.45, 7) is 4.98. The van der Waals surface area contributed by atoms with E-state index in [0.29, 0.717) is 47.0 Å². The highest BCUT2D eigenvalue weighted by Crippen LogP contribution is 2.32. The quantitative estimate of drug-likeness (QED) is 0.449. The summed E-state index contributed by atoms with van der Waals surface area (Å²) in [6.07, 6.45) is 4.82. The third kappa shape index (κ3) is 3.50. The molecule has 3 aliphatic heterocycles. The number of benzene rings is 1.